The highest BCUT2D eigenvalue weighted by atomic mass is 32.2. The predicted molar refractivity (Wildman–Crippen MR) is 58.6 cm³/mol. The first-order chi connectivity index (χ1) is 6.61. The standard InChI is InChI=1S/C10H20O3S/c1-4-5-6-7-14(12)9(2)8-10(11)13-3/h9H,4-8H2,1-3H3. The van der Waals surface area contributed by atoms with Gasteiger partial charge in [0, 0.05) is 21.8 Å². The number of carbonyl (C=O) groups is 1. The van der Waals surface area contributed by atoms with Crippen molar-refractivity contribution in [3.8, 4) is 0 Å². The number of ether oxygens (including phenoxy) is 1. The van der Waals surface area contributed by atoms with E-state index in [2.05, 4.69) is 11.7 Å². The first-order valence-corrected chi connectivity index (χ1v) is 6.44. The van der Waals surface area contributed by atoms with Crippen LogP contribution in [0, 0.1) is 0 Å². The van der Waals surface area contributed by atoms with E-state index in [1.165, 1.54) is 7.11 Å². The average molecular weight is 220 g/mol. The molecule has 0 aliphatic heterocycles. The van der Waals surface area contributed by atoms with Crippen molar-refractivity contribution in [3.63, 3.8) is 0 Å². The summed E-state index contributed by atoms with van der Waals surface area (Å²) in [5.74, 6) is 0.424. The Labute approximate surface area is 88.7 Å². The Bertz CT molecular complexity index is 192. The lowest BCUT2D eigenvalue weighted by molar-refractivity contribution is -0.140. The van der Waals surface area contributed by atoms with Crippen LogP contribution in [0.1, 0.15) is 39.5 Å². The number of hydrogen-bond acceptors (Lipinski definition) is 3. The van der Waals surface area contributed by atoms with Gasteiger partial charge in [0.25, 0.3) is 0 Å². The Hall–Kier alpha value is -0.380. The number of esters is 1. The molecule has 0 aromatic carbocycles. The molecule has 0 N–H and O–H groups in total. The van der Waals surface area contributed by atoms with Crippen LogP contribution in [0.3, 0.4) is 0 Å². The normalized spacial score (nSPS) is 14.8. The molecule has 0 spiro atoms. The van der Waals surface area contributed by atoms with E-state index in [9.17, 15) is 9.00 Å². The van der Waals surface area contributed by atoms with Gasteiger partial charge in [-0.15, -0.1) is 0 Å². The molecular formula is C10H20O3S. The summed E-state index contributed by atoms with van der Waals surface area (Å²) in [7, 11) is 0.467. The highest BCUT2D eigenvalue weighted by Gasteiger charge is 2.15. The van der Waals surface area contributed by atoms with Crippen molar-refractivity contribution in [3.05, 3.63) is 0 Å². The van der Waals surface area contributed by atoms with Crippen molar-refractivity contribution in [2.45, 2.75) is 44.8 Å². The van der Waals surface area contributed by atoms with E-state index in [1.807, 2.05) is 6.92 Å². The molecular weight excluding hydrogens is 200 g/mol. The van der Waals surface area contributed by atoms with Gasteiger partial charge in [-0.25, -0.2) is 0 Å². The zero-order chi connectivity index (χ0) is 11.0. The minimum atomic E-state index is -0.889. The van der Waals surface area contributed by atoms with E-state index in [-0.39, 0.29) is 17.6 Å². The van der Waals surface area contributed by atoms with E-state index in [0.717, 1.165) is 19.3 Å². The summed E-state index contributed by atoms with van der Waals surface area (Å²) in [5.41, 5.74) is 0. The molecule has 0 rings (SSSR count). The van der Waals surface area contributed by atoms with Crippen LogP contribution < -0.4 is 0 Å². The SMILES string of the molecule is CCCCCS(=O)C(C)CC(=O)OC. The van der Waals surface area contributed by atoms with E-state index >= 15 is 0 Å². The molecule has 0 saturated carbocycles. The highest BCUT2D eigenvalue weighted by molar-refractivity contribution is 7.85. The predicted octanol–water partition coefficient (Wildman–Crippen LogP) is 1.88. The second kappa shape index (κ2) is 7.97. The largest absolute Gasteiger partial charge is 0.469 e. The molecule has 4 heteroatoms. The van der Waals surface area contributed by atoms with Crippen LogP contribution in [0.4, 0.5) is 0 Å². The lowest BCUT2D eigenvalue weighted by Gasteiger charge is -2.09. The quantitative estimate of drug-likeness (QED) is 0.486. The van der Waals surface area contributed by atoms with Gasteiger partial charge < -0.3 is 4.74 Å². The summed E-state index contributed by atoms with van der Waals surface area (Å²) in [4.78, 5) is 10.9. The molecule has 84 valence electrons. The summed E-state index contributed by atoms with van der Waals surface area (Å²) in [6, 6.07) is 0. The van der Waals surface area contributed by atoms with Crippen molar-refractivity contribution in [1.29, 1.82) is 0 Å². The lowest BCUT2D eigenvalue weighted by atomic mass is 10.3. The van der Waals surface area contributed by atoms with Crippen LogP contribution in [0.25, 0.3) is 0 Å². The molecule has 3 nitrogen and oxygen atoms in total. The molecule has 0 aromatic heterocycles. The molecule has 2 atom stereocenters. The van der Waals surface area contributed by atoms with E-state index in [0.29, 0.717) is 5.75 Å². The molecule has 0 aromatic rings. The summed E-state index contributed by atoms with van der Waals surface area (Å²) in [5, 5.41) is -0.0840. The molecule has 0 saturated heterocycles. The smallest absolute Gasteiger partial charge is 0.306 e. The number of carbonyl (C=O) groups excluding carboxylic acids is 1. The summed E-state index contributed by atoms with van der Waals surface area (Å²) in [6.07, 6.45) is 3.48. The Balaban J connectivity index is 3.70. The van der Waals surface area contributed by atoms with Crippen LogP contribution in [0.2, 0.25) is 0 Å². The van der Waals surface area contributed by atoms with E-state index in [1.54, 1.807) is 0 Å². The average Bonchev–Trinajstić information content (AvgIpc) is 2.17. The minimum absolute atomic E-state index is 0.0840. The Morgan fingerprint density at radius 1 is 1.43 bits per heavy atom. The maximum absolute atomic E-state index is 11.6. The Morgan fingerprint density at radius 3 is 2.57 bits per heavy atom. The van der Waals surface area contributed by atoms with Gasteiger partial charge in [-0.3, -0.25) is 9.00 Å². The van der Waals surface area contributed by atoms with Crippen LogP contribution in [0.15, 0.2) is 0 Å². The summed E-state index contributed by atoms with van der Waals surface area (Å²) in [6.45, 7) is 3.94. The maximum atomic E-state index is 11.6. The zero-order valence-corrected chi connectivity index (χ0v) is 10.1. The fourth-order valence-corrected chi connectivity index (χ4v) is 2.32. The second-order valence-electron chi connectivity index (χ2n) is 3.38. The zero-order valence-electron chi connectivity index (χ0n) is 9.25. The first-order valence-electron chi connectivity index (χ1n) is 5.05. The monoisotopic (exact) mass is 220 g/mol. The third-order valence-corrected chi connectivity index (χ3v) is 3.83. The molecule has 2 unspecified atom stereocenters. The Morgan fingerprint density at radius 2 is 2.07 bits per heavy atom. The van der Waals surface area contributed by atoms with Gasteiger partial charge in [-0.05, 0) is 6.42 Å². The van der Waals surface area contributed by atoms with Gasteiger partial charge in [-0.1, -0.05) is 26.7 Å². The van der Waals surface area contributed by atoms with Crippen molar-refractivity contribution < 1.29 is 13.7 Å². The molecule has 0 aliphatic carbocycles. The van der Waals surface area contributed by atoms with Crippen LogP contribution in [-0.4, -0.2) is 28.3 Å². The fraction of sp³-hybridized carbons (Fsp3) is 0.900. The second-order valence-corrected chi connectivity index (χ2v) is 5.36. The van der Waals surface area contributed by atoms with Gasteiger partial charge in [0.1, 0.15) is 0 Å². The topological polar surface area (TPSA) is 43.4 Å². The van der Waals surface area contributed by atoms with E-state index < -0.39 is 10.8 Å². The molecule has 0 amide bonds. The number of unbranched alkanes of at least 4 members (excludes halogenated alkanes) is 2. The van der Waals surface area contributed by atoms with Gasteiger partial charge in [0.15, 0.2) is 0 Å². The maximum Gasteiger partial charge on any atom is 0.306 e. The molecule has 0 radical (unpaired) electrons. The summed E-state index contributed by atoms with van der Waals surface area (Å²) < 4.78 is 16.1. The van der Waals surface area contributed by atoms with Gasteiger partial charge in [0.2, 0.25) is 0 Å². The minimum Gasteiger partial charge on any atom is -0.469 e. The van der Waals surface area contributed by atoms with Crippen LogP contribution in [-0.2, 0) is 20.3 Å². The lowest BCUT2D eigenvalue weighted by Crippen LogP contribution is -2.19. The molecule has 0 fully saturated rings. The van der Waals surface area contributed by atoms with Crippen molar-refractivity contribution in [2.24, 2.45) is 0 Å². The number of rotatable bonds is 7. The fourth-order valence-electron chi connectivity index (χ4n) is 1.11. The molecule has 0 heterocycles. The first kappa shape index (κ1) is 13.6. The van der Waals surface area contributed by atoms with Gasteiger partial charge in [-0.2, -0.15) is 0 Å². The van der Waals surface area contributed by atoms with Crippen molar-refractivity contribution >= 4 is 16.8 Å². The third kappa shape index (κ3) is 6.13. The van der Waals surface area contributed by atoms with E-state index in [4.69, 9.17) is 0 Å². The Kier molecular flexibility index (Phi) is 7.76. The number of hydrogen-bond donors (Lipinski definition) is 0. The molecule has 0 bridgehead atoms. The van der Waals surface area contributed by atoms with Gasteiger partial charge >= 0.3 is 5.97 Å². The number of methoxy groups -OCH3 is 1. The van der Waals surface area contributed by atoms with Crippen molar-refractivity contribution in [2.75, 3.05) is 12.9 Å². The van der Waals surface area contributed by atoms with Crippen LogP contribution >= 0.6 is 0 Å². The third-order valence-electron chi connectivity index (χ3n) is 2.08. The van der Waals surface area contributed by atoms with Crippen LogP contribution in [0.5, 0.6) is 0 Å². The highest BCUT2D eigenvalue weighted by Crippen LogP contribution is 2.06. The summed E-state index contributed by atoms with van der Waals surface area (Å²) >= 11 is 0. The van der Waals surface area contributed by atoms with Gasteiger partial charge in [0.05, 0.1) is 13.5 Å². The van der Waals surface area contributed by atoms with Crippen molar-refractivity contribution in [1.82, 2.24) is 0 Å². The molecule has 14 heavy (non-hydrogen) atoms. The molecule has 0 aliphatic rings.